The number of hydrogen-bond acceptors (Lipinski definition) is 3. The second kappa shape index (κ2) is 7.68. The molecule has 1 atom stereocenters. The molecule has 3 rings (SSSR count). The lowest BCUT2D eigenvalue weighted by molar-refractivity contribution is -0.117. The maximum Gasteiger partial charge on any atom is 0.271 e. The molecule has 0 aromatic heterocycles. The van der Waals surface area contributed by atoms with Gasteiger partial charge >= 0.3 is 0 Å². The first-order valence-corrected chi connectivity index (χ1v) is 9.07. The zero-order valence-electron chi connectivity index (χ0n) is 15.4. The molecular formula is C21H25N3O2. The van der Waals surface area contributed by atoms with Crippen LogP contribution in [0.15, 0.2) is 53.2 Å². The van der Waals surface area contributed by atoms with Gasteiger partial charge in [-0.2, -0.15) is 5.10 Å². The molecule has 0 radical (unpaired) electrons. The Kier molecular flexibility index (Phi) is 5.35. The van der Waals surface area contributed by atoms with E-state index >= 15 is 0 Å². The number of rotatable bonds is 4. The number of benzene rings is 1. The van der Waals surface area contributed by atoms with Crippen molar-refractivity contribution < 1.29 is 9.59 Å². The molecule has 0 saturated carbocycles. The highest BCUT2D eigenvalue weighted by molar-refractivity contribution is 6.02. The Hall–Kier alpha value is -2.69. The van der Waals surface area contributed by atoms with Crippen molar-refractivity contribution in [2.75, 3.05) is 11.4 Å². The fourth-order valence-electron chi connectivity index (χ4n) is 3.40. The van der Waals surface area contributed by atoms with Gasteiger partial charge in [0, 0.05) is 24.2 Å². The van der Waals surface area contributed by atoms with Crippen LogP contribution in [0.3, 0.4) is 0 Å². The number of anilines is 1. The lowest BCUT2D eigenvalue weighted by Crippen LogP contribution is -2.24. The molecule has 2 aliphatic rings. The molecule has 1 heterocycles. The van der Waals surface area contributed by atoms with Gasteiger partial charge in [-0.1, -0.05) is 18.2 Å². The normalized spacial score (nSPS) is 21.7. The first-order valence-electron chi connectivity index (χ1n) is 9.07. The molecule has 1 unspecified atom stereocenters. The number of nitrogens with one attached hydrogen (secondary N) is 1. The monoisotopic (exact) mass is 351 g/mol. The standard InChI is InChI=1S/C21H25N3O2/c1-14(2)17-8-11-19(15(3)13-17)22-23-21(26)16-6-9-18(10-7-16)24-12-4-5-20(24)25/h6-7,9-10,13,17H,1,4-5,8,11-12H2,2-3H3,(H,23,26)/b22-19+. The van der Waals surface area contributed by atoms with Crippen LogP contribution in [-0.4, -0.2) is 24.1 Å². The molecule has 2 amide bonds. The van der Waals surface area contributed by atoms with Gasteiger partial charge < -0.3 is 4.90 Å². The number of carbonyl (C=O) groups excluding carboxylic acids is 2. The largest absolute Gasteiger partial charge is 0.312 e. The maximum atomic E-state index is 12.3. The molecule has 1 N–H and O–H groups in total. The third kappa shape index (κ3) is 3.93. The number of hydrogen-bond donors (Lipinski definition) is 1. The summed E-state index contributed by atoms with van der Waals surface area (Å²) in [7, 11) is 0. The first kappa shape index (κ1) is 18.1. The van der Waals surface area contributed by atoms with Gasteiger partial charge in [-0.25, -0.2) is 5.43 Å². The van der Waals surface area contributed by atoms with Crippen LogP contribution in [0.5, 0.6) is 0 Å². The van der Waals surface area contributed by atoms with Crippen molar-refractivity contribution in [3.05, 3.63) is 53.6 Å². The van der Waals surface area contributed by atoms with E-state index in [4.69, 9.17) is 0 Å². The van der Waals surface area contributed by atoms with Crippen LogP contribution in [-0.2, 0) is 4.79 Å². The molecule has 1 aliphatic carbocycles. The fourth-order valence-corrected chi connectivity index (χ4v) is 3.40. The summed E-state index contributed by atoms with van der Waals surface area (Å²) in [5.41, 5.74) is 7.17. The average Bonchev–Trinajstić information content (AvgIpc) is 3.06. The minimum atomic E-state index is -0.244. The molecule has 1 aliphatic heterocycles. The molecule has 1 aromatic carbocycles. The molecule has 1 saturated heterocycles. The van der Waals surface area contributed by atoms with Crippen LogP contribution < -0.4 is 10.3 Å². The Morgan fingerprint density at radius 3 is 2.58 bits per heavy atom. The summed E-state index contributed by atoms with van der Waals surface area (Å²) in [6.07, 6.45) is 5.45. The van der Waals surface area contributed by atoms with E-state index in [1.165, 1.54) is 0 Å². The Bertz CT molecular complexity index is 790. The van der Waals surface area contributed by atoms with Gasteiger partial charge in [0.05, 0.1) is 5.71 Å². The van der Waals surface area contributed by atoms with Crippen LogP contribution in [0.4, 0.5) is 5.69 Å². The van der Waals surface area contributed by atoms with Crippen molar-refractivity contribution in [3.63, 3.8) is 0 Å². The van der Waals surface area contributed by atoms with E-state index in [9.17, 15) is 9.59 Å². The van der Waals surface area contributed by atoms with E-state index in [1.54, 1.807) is 17.0 Å². The van der Waals surface area contributed by atoms with E-state index in [2.05, 4.69) is 23.2 Å². The van der Waals surface area contributed by atoms with Crippen molar-refractivity contribution >= 4 is 23.2 Å². The van der Waals surface area contributed by atoms with Gasteiger partial charge in [0.25, 0.3) is 5.91 Å². The summed E-state index contributed by atoms with van der Waals surface area (Å²) in [6, 6.07) is 7.09. The van der Waals surface area contributed by atoms with Crippen LogP contribution >= 0.6 is 0 Å². The highest BCUT2D eigenvalue weighted by atomic mass is 16.2. The van der Waals surface area contributed by atoms with Crippen molar-refractivity contribution in [2.24, 2.45) is 11.0 Å². The number of allylic oxidation sites excluding steroid dienone is 3. The predicted molar refractivity (Wildman–Crippen MR) is 104 cm³/mol. The molecule has 26 heavy (non-hydrogen) atoms. The summed E-state index contributed by atoms with van der Waals surface area (Å²) in [5, 5.41) is 4.30. The summed E-state index contributed by atoms with van der Waals surface area (Å²) in [4.78, 5) is 25.9. The van der Waals surface area contributed by atoms with Crippen molar-refractivity contribution in [1.82, 2.24) is 5.43 Å². The van der Waals surface area contributed by atoms with Crippen molar-refractivity contribution in [1.29, 1.82) is 0 Å². The molecule has 1 fully saturated rings. The summed E-state index contributed by atoms with van der Waals surface area (Å²) in [5.74, 6) is 0.290. The summed E-state index contributed by atoms with van der Waals surface area (Å²) >= 11 is 0. The van der Waals surface area contributed by atoms with E-state index in [0.29, 0.717) is 17.9 Å². The summed E-state index contributed by atoms with van der Waals surface area (Å²) < 4.78 is 0. The smallest absolute Gasteiger partial charge is 0.271 e. The van der Waals surface area contributed by atoms with Gasteiger partial charge in [-0.05, 0) is 68.9 Å². The van der Waals surface area contributed by atoms with Gasteiger partial charge in [0.2, 0.25) is 5.91 Å². The number of hydrazone groups is 1. The van der Waals surface area contributed by atoms with Crippen LogP contribution in [0, 0.1) is 5.92 Å². The molecule has 5 heteroatoms. The van der Waals surface area contributed by atoms with Crippen LogP contribution in [0.1, 0.15) is 49.9 Å². The lowest BCUT2D eigenvalue weighted by atomic mass is 9.86. The second-order valence-electron chi connectivity index (χ2n) is 7.04. The molecular weight excluding hydrogens is 326 g/mol. The Balaban J connectivity index is 1.64. The third-order valence-electron chi connectivity index (χ3n) is 5.04. The molecule has 136 valence electrons. The Labute approximate surface area is 154 Å². The zero-order valence-corrected chi connectivity index (χ0v) is 15.4. The lowest BCUT2D eigenvalue weighted by Gasteiger charge is -2.21. The van der Waals surface area contributed by atoms with E-state index < -0.39 is 0 Å². The minimum absolute atomic E-state index is 0.140. The maximum absolute atomic E-state index is 12.3. The average molecular weight is 351 g/mol. The third-order valence-corrected chi connectivity index (χ3v) is 5.04. The van der Waals surface area contributed by atoms with Crippen molar-refractivity contribution in [2.45, 2.75) is 39.5 Å². The minimum Gasteiger partial charge on any atom is -0.312 e. The Morgan fingerprint density at radius 2 is 2.00 bits per heavy atom. The highest BCUT2D eigenvalue weighted by Gasteiger charge is 2.22. The quantitative estimate of drug-likeness (QED) is 0.662. The SMILES string of the molecule is C=C(C)C1C=C(C)/C(=N/NC(=O)c2ccc(N3CCCC3=O)cc2)CC1. The highest BCUT2D eigenvalue weighted by Crippen LogP contribution is 2.26. The Morgan fingerprint density at radius 1 is 1.27 bits per heavy atom. The van der Waals surface area contributed by atoms with Gasteiger partial charge in [0.15, 0.2) is 0 Å². The number of carbonyl (C=O) groups is 2. The second-order valence-corrected chi connectivity index (χ2v) is 7.04. The zero-order chi connectivity index (χ0) is 18.7. The van der Waals surface area contributed by atoms with E-state index in [0.717, 1.165) is 48.4 Å². The van der Waals surface area contributed by atoms with Crippen molar-refractivity contribution in [3.8, 4) is 0 Å². The molecule has 0 bridgehead atoms. The molecule has 5 nitrogen and oxygen atoms in total. The van der Waals surface area contributed by atoms with Crippen LogP contribution in [0.25, 0.3) is 0 Å². The predicted octanol–water partition coefficient (Wildman–Crippen LogP) is 3.83. The van der Waals surface area contributed by atoms with Gasteiger partial charge in [-0.15, -0.1) is 0 Å². The molecule has 0 spiro atoms. The van der Waals surface area contributed by atoms with Crippen LogP contribution in [0.2, 0.25) is 0 Å². The van der Waals surface area contributed by atoms with Gasteiger partial charge in [0.1, 0.15) is 0 Å². The number of nitrogens with zero attached hydrogens (tertiary/aromatic N) is 2. The number of amides is 2. The van der Waals surface area contributed by atoms with E-state index in [1.807, 2.05) is 26.0 Å². The fraction of sp³-hybridized carbons (Fsp3) is 0.381. The van der Waals surface area contributed by atoms with E-state index in [-0.39, 0.29) is 11.8 Å². The topological polar surface area (TPSA) is 61.8 Å². The summed E-state index contributed by atoms with van der Waals surface area (Å²) in [6.45, 7) is 8.81. The van der Waals surface area contributed by atoms with Gasteiger partial charge in [-0.3, -0.25) is 9.59 Å². The molecule has 1 aromatic rings. The first-order chi connectivity index (χ1) is 12.5.